The summed E-state index contributed by atoms with van der Waals surface area (Å²) in [6, 6.07) is 7.79. The summed E-state index contributed by atoms with van der Waals surface area (Å²) in [6.45, 7) is 0.139. The summed E-state index contributed by atoms with van der Waals surface area (Å²) in [7, 11) is 0. The summed E-state index contributed by atoms with van der Waals surface area (Å²) in [6.07, 6.45) is 1.64. The van der Waals surface area contributed by atoms with Crippen molar-refractivity contribution >= 4 is 23.6 Å². The van der Waals surface area contributed by atoms with Crippen molar-refractivity contribution in [1.29, 1.82) is 0 Å². The van der Waals surface area contributed by atoms with Crippen LogP contribution in [0.1, 0.15) is 18.4 Å². The van der Waals surface area contributed by atoms with Crippen molar-refractivity contribution in [2.24, 2.45) is 0 Å². The molecule has 5 heteroatoms. The first kappa shape index (κ1) is 13.1. The molecular weight excluding hydrogens is 250 g/mol. The lowest BCUT2D eigenvalue weighted by Gasteiger charge is -2.20. The molecule has 1 aromatic rings. The predicted molar refractivity (Wildman–Crippen MR) is 69.3 cm³/mol. The summed E-state index contributed by atoms with van der Waals surface area (Å²) in [5.41, 5.74) is 1.07. The van der Waals surface area contributed by atoms with Gasteiger partial charge in [-0.25, -0.2) is 0 Å². The van der Waals surface area contributed by atoms with Crippen LogP contribution in [0.15, 0.2) is 29.2 Å². The van der Waals surface area contributed by atoms with Crippen molar-refractivity contribution in [2.75, 3.05) is 6.61 Å². The van der Waals surface area contributed by atoms with Crippen molar-refractivity contribution in [3.8, 4) is 0 Å². The van der Waals surface area contributed by atoms with Gasteiger partial charge >= 0.3 is 0 Å². The fourth-order valence-corrected chi connectivity index (χ4v) is 2.84. The van der Waals surface area contributed by atoms with Crippen molar-refractivity contribution in [2.45, 2.75) is 29.4 Å². The first-order chi connectivity index (χ1) is 8.69. The van der Waals surface area contributed by atoms with Crippen LogP contribution in [-0.4, -0.2) is 28.8 Å². The van der Waals surface area contributed by atoms with Crippen LogP contribution in [0, 0.1) is 0 Å². The van der Waals surface area contributed by atoms with Crippen LogP contribution < -0.4 is 5.32 Å². The number of benzene rings is 1. The SMILES string of the molecule is O=C1CCC(Sc2ccc(CCO)cc2)C(=O)N1. The minimum Gasteiger partial charge on any atom is -0.396 e. The van der Waals surface area contributed by atoms with Gasteiger partial charge in [-0.05, 0) is 30.5 Å². The lowest BCUT2D eigenvalue weighted by atomic mass is 10.1. The molecule has 1 heterocycles. The highest BCUT2D eigenvalue weighted by atomic mass is 32.2. The molecule has 1 aromatic carbocycles. The minimum absolute atomic E-state index is 0.139. The van der Waals surface area contributed by atoms with Crippen LogP contribution in [-0.2, 0) is 16.0 Å². The van der Waals surface area contributed by atoms with Crippen LogP contribution in [0.25, 0.3) is 0 Å². The molecule has 0 saturated carbocycles. The maximum absolute atomic E-state index is 11.6. The zero-order valence-corrected chi connectivity index (χ0v) is 10.7. The minimum atomic E-state index is -0.198. The van der Waals surface area contributed by atoms with Gasteiger partial charge in [0.15, 0.2) is 0 Å². The van der Waals surface area contributed by atoms with Gasteiger partial charge in [-0.3, -0.25) is 14.9 Å². The Bertz CT molecular complexity index is 444. The van der Waals surface area contributed by atoms with E-state index in [-0.39, 0.29) is 23.7 Å². The van der Waals surface area contributed by atoms with E-state index in [4.69, 9.17) is 5.11 Å². The van der Waals surface area contributed by atoms with Crippen LogP contribution in [0.3, 0.4) is 0 Å². The lowest BCUT2D eigenvalue weighted by Crippen LogP contribution is -2.42. The van der Waals surface area contributed by atoms with E-state index in [9.17, 15) is 9.59 Å². The molecule has 1 unspecified atom stereocenters. The lowest BCUT2D eigenvalue weighted by molar-refractivity contribution is -0.132. The second-order valence-electron chi connectivity index (χ2n) is 4.18. The topological polar surface area (TPSA) is 66.4 Å². The third-order valence-electron chi connectivity index (χ3n) is 2.79. The molecule has 4 nitrogen and oxygen atoms in total. The number of nitrogens with one attached hydrogen (secondary N) is 1. The fraction of sp³-hybridized carbons (Fsp3) is 0.385. The Kier molecular flexibility index (Phi) is 4.38. The maximum Gasteiger partial charge on any atom is 0.240 e. The number of amides is 2. The van der Waals surface area contributed by atoms with Gasteiger partial charge in [0.1, 0.15) is 0 Å². The maximum atomic E-state index is 11.6. The fourth-order valence-electron chi connectivity index (χ4n) is 1.81. The first-order valence-electron chi connectivity index (χ1n) is 5.89. The Morgan fingerprint density at radius 2 is 2.00 bits per heavy atom. The van der Waals surface area contributed by atoms with Crippen LogP contribution in [0.4, 0.5) is 0 Å². The summed E-state index contributed by atoms with van der Waals surface area (Å²) < 4.78 is 0. The summed E-state index contributed by atoms with van der Waals surface area (Å²) in [4.78, 5) is 23.6. The standard InChI is InChI=1S/C13H15NO3S/c15-8-7-9-1-3-10(4-2-9)18-11-5-6-12(16)14-13(11)17/h1-4,11,15H,5-8H2,(H,14,16,17). The Morgan fingerprint density at radius 3 is 2.61 bits per heavy atom. The molecule has 0 radical (unpaired) electrons. The number of aliphatic hydroxyl groups is 1. The molecule has 1 aliphatic rings. The Labute approximate surface area is 110 Å². The normalized spacial score (nSPS) is 19.7. The third kappa shape index (κ3) is 3.34. The molecular formula is C13H15NO3S. The highest BCUT2D eigenvalue weighted by molar-refractivity contribution is 8.00. The molecule has 1 saturated heterocycles. The van der Waals surface area contributed by atoms with Gasteiger partial charge in [0.05, 0.1) is 5.25 Å². The van der Waals surface area contributed by atoms with Gasteiger partial charge in [0, 0.05) is 17.9 Å². The number of carbonyl (C=O) groups excluding carboxylic acids is 2. The van der Waals surface area contributed by atoms with Crippen LogP contribution >= 0.6 is 11.8 Å². The van der Waals surface area contributed by atoms with E-state index in [0.717, 1.165) is 10.5 Å². The zero-order chi connectivity index (χ0) is 13.0. The molecule has 96 valence electrons. The number of hydrogen-bond donors (Lipinski definition) is 2. The monoisotopic (exact) mass is 265 g/mol. The van der Waals surface area contributed by atoms with E-state index in [1.165, 1.54) is 11.8 Å². The molecule has 2 N–H and O–H groups in total. The molecule has 1 atom stereocenters. The highest BCUT2D eigenvalue weighted by Crippen LogP contribution is 2.28. The average Bonchev–Trinajstić information content (AvgIpc) is 2.35. The number of carbonyl (C=O) groups is 2. The van der Waals surface area contributed by atoms with Crippen LogP contribution in [0.5, 0.6) is 0 Å². The van der Waals surface area contributed by atoms with Crippen molar-refractivity contribution in [3.05, 3.63) is 29.8 Å². The largest absolute Gasteiger partial charge is 0.396 e. The predicted octanol–water partition coefficient (Wildman–Crippen LogP) is 1.12. The van der Waals surface area contributed by atoms with Gasteiger partial charge in [-0.15, -0.1) is 11.8 Å². The van der Waals surface area contributed by atoms with E-state index in [2.05, 4.69) is 5.32 Å². The van der Waals surface area contributed by atoms with E-state index in [1.807, 2.05) is 24.3 Å². The molecule has 18 heavy (non-hydrogen) atoms. The van der Waals surface area contributed by atoms with E-state index in [0.29, 0.717) is 19.3 Å². The number of thioether (sulfide) groups is 1. The summed E-state index contributed by atoms with van der Waals surface area (Å²) in [5, 5.41) is 11.0. The Balaban J connectivity index is 1.96. The van der Waals surface area contributed by atoms with Gasteiger partial charge in [0.2, 0.25) is 11.8 Å². The highest BCUT2D eigenvalue weighted by Gasteiger charge is 2.27. The molecule has 2 amide bonds. The molecule has 0 aliphatic carbocycles. The Hall–Kier alpha value is -1.33. The molecule has 1 aliphatic heterocycles. The van der Waals surface area contributed by atoms with Crippen molar-refractivity contribution < 1.29 is 14.7 Å². The molecule has 1 fully saturated rings. The van der Waals surface area contributed by atoms with Crippen molar-refractivity contribution in [3.63, 3.8) is 0 Å². The van der Waals surface area contributed by atoms with E-state index in [1.54, 1.807) is 0 Å². The number of piperidine rings is 1. The van der Waals surface area contributed by atoms with Gasteiger partial charge in [-0.2, -0.15) is 0 Å². The van der Waals surface area contributed by atoms with Gasteiger partial charge < -0.3 is 5.11 Å². The number of aliphatic hydroxyl groups excluding tert-OH is 1. The molecule has 0 bridgehead atoms. The van der Waals surface area contributed by atoms with Gasteiger partial charge in [-0.1, -0.05) is 12.1 Å². The zero-order valence-electron chi connectivity index (χ0n) is 9.89. The molecule has 0 spiro atoms. The quantitative estimate of drug-likeness (QED) is 0.801. The third-order valence-corrected chi connectivity index (χ3v) is 4.07. The smallest absolute Gasteiger partial charge is 0.240 e. The summed E-state index contributed by atoms with van der Waals surface area (Å²) >= 11 is 1.47. The Morgan fingerprint density at radius 1 is 1.28 bits per heavy atom. The van der Waals surface area contributed by atoms with Crippen molar-refractivity contribution in [1.82, 2.24) is 5.32 Å². The second kappa shape index (κ2) is 6.02. The van der Waals surface area contributed by atoms with Crippen LogP contribution in [0.2, 0.25) is 0 Å². The second-order valence-corrected chi connectivity index (χ2v) is 5.45. The van der Waals surface area contributed by atoms with E-state index >= 15 is 0 Å². The molecule has 2 rings (SSSR count). The molecule has 0 aromatic heterocycles. The first-order valence-corrected chi connectivity index (χ1v) is 6.77. The van der Waals surface area contributed by atoms with Gasteiger partial charge in [0.25, 0.3) is 0 Å². The number of imide groups is 1. The summed E-state index contributed by atoms with van der Waals surface area (Å²) in [5.74, 6) is -0.383. The van der Waals surface area contributed by atoms with E-state index < -0.39 is 0 Å². The number of hydrogen-bond acceptors (Lipinski definition) is 4. The number of rotatable bonds is 4. The average molecular weight is 265 g/mol.